The second-order valence-electron chi connectivity index (χ2n) is 10.3. The van der Waals surface area contributed by atoms with Crippen LogP contribution in [-0.4, -0.2) is 45.7 Å². The van der Waals surface area contributed by atoms with E-state index in [4.69, 9.17) is 0 Å². The number of fused-ring (bicyclic) bond motifs is 5. The number of benzene rings is 2. The summed E-state index contributed by atoms with van der Waals surface area (Å²) in [6, 6.07) is 22.9. The number of hydrogen-bond acceptors (Lipinski definition) is 8. The number of para-hydroxylation sites is 2. The van der Waals surface area contributed by atoms with Crippen molar-refractivity contribution in [2.75, 3.05) is 9.80 Å². The number of rotatable bonds is 4. The van der Waals surface area contributed by atoms with Crippen molar-refractivity contribution in [1.29, 1.82) is 0 Å². The van der Waals surface area contributed by atoms with Gasteiger partial charge in [0.15, 0.2) is 0 Å². The predicted octanol–water partition coefficient (Wildman–Crippen LogP) is 4.25. The third kappa shape index (κ3) is 3.07. The van der Waals surface area contributed by atoms with Gasteiger partial charge in [-0.05, 0) is 47.2 Å². The smallest absolute Gasteiger partial charge is 0.253 e. The van der Waals surface area contributed by atoms with Crippen molar-refractivity contribution in [1.82, 2.24) is 10.0 Å². The maximum Gasteiger partial charge on any atom is 0.253 e. The molecule has 198 valence electrons. The molecule has 8 nitrogen and oxygen atoms in total. The number of hydrazine groups is 1. The number of imide groups is 2. The number of thiophene rings is 2. The van der Waals surface area contributed by atoms with Crippen LogP contribution in [0.2, 0.25) is 0 Å². The first kappa shape index (κ1) is 23.9. The predicted molar refractivity (Wildman–Crippen MR) is 150 cm³/mol. The van der Waals surface area contributed by atoms with Crippen molar-refractivity contribution in [3.8, 4) is 0 Å². The zero-order valence-electron chi connectivity index (χ0n) is 20.9. The zero-order chi connectivity index (χ0) is 27.1. The number of anilines is 2. The SMILES string of the molecule is O=C1[C@H]2[C@H](C(=O)N1c1ccccc1)N1[C@@H](c3cccs3)[C@H]3C(=O)N(c4ccccc4)C(=O)[C@H]3N1[C@H]2c1cccs1. The lowest BCUT2D eigenvalue weighted by molar-refractivity contribution is -0.135. The minimum Gasteiger partial charge on any atom is -0.274 e. The van der Waals surface area contributed by atoms with Crippen molar-refractivity contribution in [3.05, 3.63) is 105 Å². The lowest BCUT2D eigenvalue weighted by Gasteiger charge is -2.35. The van der Waals surface area contributed by atoms with Crippen LogP contribution >= 0.6 is 22.7 Å². The molecule has 8 rings (SSSR count). The van der Waals surface area contributed by atoms with Crippen LogP contribution in [0.5, 0.6) is 0 Å². The van der Waals surface area contributed by atoms with Crippen molar-refractivity contribution < 1.29 is 19.2 Å². The van der Waals surface area contributed by atoms with E-state index in [0.29, 0.717) is 11.4 Å². The lowest BCUT2D eigenvalue weighted by Crippen LogP contribution is -2.50. The largest absolute Gasteiger partial charge is 0.274 e. The molecule has 4 aromatic rings. The molecule has 0 saturated carbocycles. The molecule has 2 aromatic heterocycles. The Morgan fingerprint density at radius 3 is 1.20 bits per heavy atom. The van der Waals surface area contributed by atoms with Gasteiger partial charge in [0.05, 0.1) is 35.3 Å². The van der Waals surface area contributed by atoms with Crippen LogP contribution in [0, 0.1) is 11.8 Å². The Hall–Kier alpha value is -3.96. The van der Waals surface area contributed by atoms with Crippen LogP contribution in [-0.2, 0) is 19.2 Å². The first-order valence-electron chi connectivity index (χ1n) is 13.1. The maximum atomic E-state index is 14.2. The summed E-state index contributed by atoms with van der Waals surface area (Å²) in [5.41, 5.74) is 1.05. The molecule has 0 spiro atoms. The van der Waals surface area contributed by atoms with Gasteiger partial charge in [-0.25, -0.2) is 19.8 Å². The van der Waals surface area contributed by atoms with Crippen LogP contribution in [0.15, 0.2) is 95.7 Å². The first-order valence-corrected chi connectivity index (χ1v) is 14.8. The number of nitrogens with zero attached hydrogens (tertiary/aromatic N) is 4. The van der Waals surface area contributed by atoms with Gasteiger partial charge in [0.2, 0.25) is 11.8 Å². The topological polar surface area (TPSA) is 81.2 Å². The summed E-state index contributed by atoms with van der Waals surface area (Å²) >= 11 is 2.99. The van der Waals surface area contributed by atoms with E-state index < -0.39 is 36.0 Å². The highest BCUT2D eigenvalue weighted by Crippen LogP contribution is 2.60. The lowest BCUT2D eigenvalue weighted by atomic mass is 9.88. The third-order valence-electron chi connectivity index (χ3n) is 8.42. The van der Waals surface area contributed by atoms with Crippen LogP contribution in [0.4, 0.5) is 11.4 Å². The Balaban J connectivity index is 1.32. The average Bonchev–Trinajstić information content (AvgIpc) is 3.80. The van der Waals surface area contributed by atoms with Crippen molar-refractivity contribution in [2.24, 2.45) is 11.8 Å². The first-order chi connectivity index (χ1) is 19.6. The molecule has 2 aromatic carbocycles. The Labute approximate surface area is 237 Å². The van der Waals surface area contributed by atoms with E-state index in [1.54, 1.807) is 48.5 Å². The molecule has 6 heterocycles. The summed E-state index contributed by atoms with van der Waals surface area (Å²) in [4.78, 5) is 61.0. The standard InChI is InChI=1S/C30H22N4O4S2/c35-27-21-23(19-13-7-15-39-19)34-26-22(28(36)32(30(26)38)18-11-5-2-6-12-18)24(20-14-8-16-40-20)33(34)25(21)29(37)31(27)17-9-3-1-4-10-17/h1-16,21-26H/t21-,22-,23+,24+,25-,26+/m1/s1. The third-order valence-corrected chi connectivity index (χ3v) is 10.3. The average molecular weight is 567 g/mol. The van der Waals surface area contributed by atoms with Crippen molar-refractivity contribution in [3.63, 3.8) is 0 Å². The Morgan fingerprint density at radius 1 is 0.450 bits per heavy atom. The summed E-state index contributed by atoms with van der Waals surface area (Å²) < 4.78 is 0. The molecule has 4 aliphatic rings. The molecule has 4 amide bonds. The second kappa shape index (κ2) is 8.77. The highest BCUT2D eigenvalue weighted by Gasteiger charge is 2.74. The molecule has 40 heavy (non-hydrogen) atoms. The van der Waals surface area contributed by atoms with Gasteiger partial charge in [-0.1, -0.05) is 48.5 Å². The van der Waals surface area contributed by atoms with Crippen LogP contribution in [0.25, 0.3) is 0 Å². The summed E-state index contributed by atoms with van der Waals surface area (Å²) in [6.45, 7) is 0. The molecular weight excluding hydrogens is 544 g/mol. The highest BCUT2D eigenvalue weighted by atomic mass is 32.1. The highest BCUT2D eigenvalue weighted by molar-refractivity contribution is 7.10. The number of hydrogen-bond donors (Lipinski definition) is 0. The second-order valence-corrected chi connectivity index (χ2v) is 12.3. The minimum atomic E-state index is -0.830. The molecule has 10 heteroatoms. The van der Waals surface area contributed by atoms with Gasteiger partial charge in [-0.2, -0.15) is 0 Å². The van der Waals surface area contributed by atoms with Crippen LogP contribution in [0.3, 0.4) is 0 Å². The molecule has 0 unspecified atom stereocenters. The molecule has 4 fully saturated rings. The van der Waals surface area contributed by atoms with E-state index in [-0.39, 0.29) is 23.6 Å². The van der Waals surface area contributed by atoms with Crippen LogP contribution in [0.1, 0.15) is 21.8 Å². The Bertz CT molecular complexity index is 1520. The van der Waals surface area contributed by atoms with E-state index in [0.717, 1.165) is 9.75 Å². The normalized spacial score (nSPS) is 29.9. The number of amides is 4. The molecule has 0 N–H and O–H groups in total. The molecule has 0 bridgehead atoms. The fraction of sp³-hybridized carbons (Fsp3) is 0.200. The summed E-state index contributed by atoms with van der Waals surface area (Å²) in [6.07, 6.45) is 0. The number of carbonyl (C=O) groups is 4. The van der Waals surface area contributed by atoms with E-state index in [9.17, 15) is 19.2 Å². The van der Waals surface area contributed by atoms with Gasteiger partial charge < -0.3 is 0 Å². The van der Waals surface area contributed by atoms with Crippen LogP contribution < -0.4 is 9.80 Å². The fourth-order valence-corrected chi connectivity index (χ4v) is 8.71. The van der Waals surface area contributed by atoms with Gasteiger partial charge in [0.25, 0.3) is 11.8 Å². The van der Waals surface area contributed by atoms with Gasteiger partial charge in [0, 0.05) is 9.75 Å². The van der Waals surface area contributed by atoms with Gasteiger partial charge in [-0.15, -0.1) is 22.7 Å². The fourth-order valence-electron chi connectivity index (χ4n) is 6.97. The maximum absolute atomic E-state index is 14.2. The van der Waals surface area contributed by atoms with Crippen molar-refractivity contribution in [2.45, 2.75) is 24.2 Å². The summed E-state index contributed by atoms with van der Waals surface area (Å²) in [5.74, 6) is -2.66. The molecular formula is C30H22N4O4S2. The van der Waals surface area contributed by atoms with Gasteiger partial charge in [-0.3, -0.25) is 19.2 Å². The Morgan fingerprint density at radius 2 is 0.850 bits per heavy atom. The van der Waals surface area contributed by atoms with Gasteiger partial charge >= 0.3 is 0 Å². The molecule has 0 radical (unpaired) electrons. The van der Waals surface area contributed by atoms with E-state index in [1.165, 1.54) is 32.5 Å². The van der Waals surface area contributed by atoms with Crippen molar-refractivity contribution >= 4 is 57.7 Å². The van der Waals surface area contributed by atoms with E-state index >= 15 is 0 Å². The molecule has 4 saturated heterocycles. The van der Waals surface area contributed by atoms with E-state index in [1.807, 2.05) is 57.2 Å². The molecule has 4 aliphatic heterocycles. The number of carbonyl (C=O) groups excluding carboxylic acids is 4. The zero-order valence-corrected chi connectivity index (χ0v) is 22.6. The minimum absolute atomic E-state index is 0.285. The summed E-state index contributed by atoms with van der Waals surface area (Å²) in [7, 11) is 0. The quantitative estimate of drug-likeness (QED) is 0.344. The monoisotopic (exact) mass is 566 g/mol. The Kier molecular flexibility index (Phi) is 5.24. The molecule has 0 aliphatic carbocycles. The van der Waals surface area contributed by atoms with E-state index in [2.05, 4.69) is 0 Å². The molecule has 6 atom stereocenters. The summed E-state index contributed by atoms with van der Waals surface area (Å²) in [5, 5.41) is 7.70. The van der Waals surface area contributed by atoms with Gasteiger partial charge in [0.1, 0.15) is 12.1 Å².